The standard InChI is InChI=1S/C18H27ClN2O2.ClH/c1-2-15(23-17-6-4-3-5-16(17)19)13-21-18(22)8-7-14-9-11-20-12-10-14;/h3-6,14-15,20H,2,7-13H2,1H3,(H,21,22);1H. The van der Waals surface area contributed by atoms with Gasteiger partial charge in [-0.25, -0.2) is 0 Å². The fourth-order valence-corrected chi connectivity index (χ4v) is 2.99. The molecule has 1 atom stereocenters. The van der Waals surface area contributed by atoms with Crippen molar-refractivity contribution in [2.24, 2.45) is 5.92 Å². The third kappa shape index (κ3) is 7.29. The molecular weight excluding hydrogens is 347 g/mol. The molecule has 1 aliphatic rings. The molecule has 0 radical (unpaired) electrons. The third-order valence-corrected chi connectivity index (χ3v) is 4.66. The SMILES string of the molecule is CCC(CNC(=O)CCC1CCNCC1)Oc1ccccc1Cl.Cl. The van der Waals surface area contributed by atoms with E-state index in [1.807, 2.05) is 25.1 Å². The van der Waals surface area contributed by atoms with Crippen LogP contribution < -0.4 is 15.4 Å². The van der Waals surface area contributed by atoms with Crippen LogP contribution in [-0.2, 0) is 4.79 Å². The molecule has 0 spiro atoms. The Bertz CT molecular complexity index is 494. The highest BCUT2D eigenvalue weighted by Gasteiger charge is 2.16. The Morgan fingerprint density at radius 3 is 2.75 bits per heavy atom. The molecule has 6 heteroatoms. The van der Waals surface area contributed by atoms with Crippen molar-refractivity contribution in [3.63, 3.8) is 0 Å². The lowest BCUT2D eigenvalue weighted by atomic mass is 9.93. The highest BCUT2D eigenvalue weighted by molar-refractivity contribution is 6.32. The van der Waals surface area contributed by atoms with Gasteiger partial charge in [-0.05, 0) is 56.8 Å². The molecule has 4 nitrogen and oxygen atoms in total. The van der Waals surface area contributed by atoms with Gasteiger partial charge in [0.15, 0.2) is 0 Å². The van der Waals surface area contributed by atoms with Gasteiger partial charge in [0.1, 0.15) is 11.9 Å². The molecule has 1 heterocycles. The van der Waals surface area contributed by atoms with Crippen LogP contribution in [0, 0.1) is 5.92 Å². The van der Waals surface area contributed by atoms with Crippen LogP contribution >= 0.6 is 24.0 Å². The zero-order valence-corrected chi connectivity index (χ0v) is 15.8. The molecule has 0 saturated carbocycles. The highest BCUT2D eigenvalue weighted by atomic mass is 35.5. The molecule has 0 bridgehead atoms. The first-order valence-electron chi connectivity index (χ1n) is 8.57. The number of carbonyl (C=O) groups is 1. The monoisotopic (exact) mass is 374 g/mol. The number of benzene rings is 1. The average Bonchev–Trinajstić information content (AvgIpc) is 2.59. The Kier molecular flexibility index (Phi) is 10.2. The molecular formula is C18H28Cl2N2O2. The maximum atomic E-state index is 12.0. The predicted octanol–water partition coefficient (Wildman–Crippen LogP) is 3.82. The second-order valence-corrected chi connectivity index (χ2v) is 6.52. The lowest BCUT2D eigenvalue weighted by Crippen LogP contribution is -2.35. The summed E-state index contributed by atoms with van der Waals surface area (Å²) in [6.07, 6.45) is 4.71. The van der Waals surface area contributed by atoms with Crippen molar-refractivity contribution in [2.75, 3.05) is 19.6 Å². The van der Waals surface area contributed by atoms with Crippen molar-refractivity contribution < 1.29 is 9.53 Å². The Morgan fingerprint density at radius 1 is 1.38 bits per heavy atom. The van der Waals surface area contributed by atoms with Crippen LogP contribution in [-0.4, -0.2) is 31.6 Å². The first kappa shape index (κ1) is 21.1. The van der Waals surface area contributed by atoms with Crippen molar-refractivity contribution in [3.8, 4) is 5.75 Å². The van der Waals surface area contributed by atoms with Crippen LogP contribution in [0.4, 0.5) is 0 Å². The number of piperidine rings is 1. The Morgan fingerprint density at radius 2 is 2.08 bits per heavy atom. The highest BCUT2D eigenvalue weighted by Crippen LogP contribution is 2.24. The van der Waals surface area contributed by atoms with E-state index in [0.717, 1.165) is 25.9 Å². The van der Waals surface area contributed by atoms with E-state index >= 15 is 0 Å². The summed E-state index contributed by atoms with van der Waals surface area (Å²) in [5.41, 5.74) is 0. The summed E-state index contributed by atoms with van der Waals surface area (Å²) in [5.74, 6) is 1.47. The minimum atomic E-state index is -0.0577. The molecule has 1 aliphatic heterocycles. The van der Waals surface area contributed by atoms with E-state index in [-0.39, 0.29) is 24.4 Å². The Hall–Kier alpha value is -0.970. The van der Waals surface area contributed by atoms with Crippen LogP contribution in [0.2, 0.25) is 5.02 Å². The Balaban J connectivity index is 0.00000288. The fourth-order valence-electron chi connectivity index (χ4n) is 2.81. The first-order valence-corrected chi connectivity index (χ1v) is 8.95. The van der Waals surface area contributed by atoms with Crippen molar-refractivity contribution in [3.05, 3.63) is 29.3 Å². The smallest absolute Gasteiger partial charge is 0.220 e. The average molecular weight is 375 g/mol. The van der Waals surface area contributed by atoms with E-state index in [1.54, 1.807) is 6.07 Å². The van der Waals surface area contributed by atoms with E-state index < -0.39 is 0 Å². The third-order valence-electron chi connectivity index (χ3n) is 4.35. The van der Waals surface area contributed by atoms with Gasteiger partial charge in [0.05, 0.1) is 11.6 Å². The van der Waals surface area contributed by atoms with Crippen molar-refractivity contribution in [2.45, 2.75) is 45.1 Å². The zero-order valence-electron chi connectivity index (χ0n) is 14.2. The fraction of sp³-hybridized carbons (Fsp3) is 0.611. The quantitative estimate of drug-likeness (QED) is 0.726. The Labute approximate surface area is 156 Å². The van der Waals surface area contributed by atoms with Crippen molar-refractivity contribution in [1.82, 2.24) is 10.6 Å². The second kappa shape index (κ2) is 11.6. The summed E-state index contributed by atoms with van der Waals surface area (Å²) >= 11 is 6.11. The van der Waals surface area contributed by atoms with E-state index in [9.17, 15) is 4.79 Å². The lowest BCUT2D eigenvalue weighted by Gasteiger charge is -2.22. The maximum Gasteiger partial charge on any atom is 0.220 e. The minimum absolute atomic E-state index is 0. The number of halogens is 2. The van der Waals surface area contributed by atoms with E-state index in [1.165, 1.54) is 12.8 Å². The van der Waals surface area contributed by atoms with Gasteiger partial charge in [0, 0.05) is 6.42 Å². The van der Waals surface area contributed by atoms with Crippen molar-refractivity contribution in [1.29, 1.82) is 0 Å². The minimum Gasteiger partial charge on any atom is -0.487 e. The molecule has 136 valence electrons. The summed E-state index contributed by atoms with van der Waals surface area (Å²) < 4.78 is 5.88. The number of carbonyl (C=O) groups excluding carboxylic acids is 1. The lowest BCUT2D eigenvalue weighted by molar-refractivity contribution is -0.121. The molecule has 2 N–H and O–H groups in total. The number of nitrogens with one attached hydrogen (secondary N) is 2. The first-order chi connectivity index (χ1) is 11.2. The zero-order chi connectivity index (χ0) is 16.5. The molecule has 0 aromatic heterocycles. The molecule has 2 rings (SSSR count). The summed E-state index contributed by atoms with van der Waals surface area (Å²) in [6, 6.07) is 7.43. The molecule has 1 aromatic rings. The number of para-hydroxylation sites is 1. The van der Waals surface area contributed by atoms with Gasteiger partial charge in [-0.1, -0.05) is 30.7 Å². The maximum absolute atomic E-state index is 12.0. The predicted molar refractivity (Wildman–Crippen MR) is 101 cm³/mol. The molecule has 1 fully saturated rings. The van der Waals surface area contributed by atoms with Gasteiger partial charge >= 0.3 is 0 Å². The number of hydrogen-bond acceptors (Lipinski definition) is 3. The van der Waals surface area contributed by atoms with Crippen LogP contribution in [0.3, 0.4) is 0 Å². The molecule has 1 saturated heterocycles. The number of rotatable bonds is 8. The van der Waals surface area contributed by atoms with Gasteiger partial charge in [-0.2, -0.15) is 0 Å². The van der Waals surface area contributed by atoms with Crippen molar-refractivity contribution >= 4 is 29.9 Å². The van der Waals surface area contributed by atoms with Gasteiger partial charge in [-0.3, -0.25) is 4.79 Å². The van der Waals surface area contributed by atoms with Crippen LogP contribution in [0.1, 0.15) is 39.0 Å². The number of ether oxygens (including phenoxy) is 1. The molecule has 0 aliphatic carbocycles. The van der Waals surface area contributed by atoms with Gasteiger partial charge < -0.3 is 15.4 Å². The largest absolute Gasteiger partial charge is 0.487 e. The second-order valence-electron chi connectivity index (χ2n) is 6.11. The van der Waals surface area contributed by atoms with Gasteiger partial charge in [-0.15, -0.1) is 12.4 Å². The summed E-state index contributed by atoms with van der Waals surface area (Å²) in [4.78, 5) is 12.0. The number of amides is 1. The van der Waals surface area contributed by atoms with E-state index in [0.29, 0.717) is 29.7 Å². The van der Waals surface area contributed by atoms with Crippen LogP contribution in [0.25, 0.3) is 0 Å². The van der Waals surface area contributed by atoms with Gasteiger partial charge in [0.25, 0.3) is 0 Å². The normalized spacial score (nSPS) is 16.1. The van der Waals surface area contributed by atoms with Crippen LogP contribution in [0.5, 0.6) is 5.75 Å². The topological polar surface area (TPSA) is 50.4 Å². The van der Waals surface area contributed by atoms with E-state index in [2.05, 4.69) is 10.6 Å². The molecule has 1 amide bonds. The summed E-state index contributed by atoms with van der Waals surface area (Å²) in [6.45, 7) is 4.72. The molecule has 1 aromatic carbocycles. The van der Waals surface area contributed by atoms with E-state index in [4.69, 9.17) is 16.3 Å². The molecule has 24 heavy (non-hydrogen) atoms. The summed E-state index contributed by atoms with van der Waals surface area (Å²) in [5, 5.41) is 6.94. The molecule has 1 unspecified atom stereocenters. The van der Waals surface area contributed by atoms with Gasteiger partial charge in [0.2, 0.25) is 5.91 Å². The number of hydrogen-bond donors (Lipinski definition) is 2. The van der Waals surface area contributed by atoms with Crippen LogP contribution in [0.15, 0.2) is 24.3 Å². The summed E-state index contributed by atoms with van der Waals surface area (Å²) in [7, 11) is 0.